The second-order valence-corrected chi connectivity index (χ2v) is 11.4. The Morgan fingerprint density at radius 2 is 1.75 bits per heavy atom. The van der Waals surface area contributed by atoms with Crippen molar-refractivity contribution in [3.8, 4) is 0 Å². The number of piperidine rings is 1. The normalized spacial score (nSPS) is 19.7. The highest BCUT2D eigenvalue weighted by atomic mass is 16.3. The summed E-state index contributed by atoms with van der Waals surface area (Å²) in [5.41, 5.74) is 3.22. The third kappa shape index (κ3) is 7.30. The van der Waals surface area contributed by atoms with Gasteiger partial charge in [-0.3, -0.25) is 14.5 Å². The van der Waals surface area contributed by atoms with Gasteiger partial charge in [0.25, 0.3) is 5.91 Å². The van der Waals surface area contributed by atoms with E-state index >= 15 is 0 Å². The Labute approximate surface area is 237 Å². The van der Waals surface area contributed by atoms with Crippen molar-refractivity contribution in [1.29, 1.82) is 0 Å². The molecule has 2 fully saturated rings. The molecular weight excluding hydrogens is 506 g/mol. The summed E-state index contributed by atoms with van der Waals surface area (Å²) in [4.78, 5) is 38.5. The molecular formula is C30H43N7O3. The third-order valence-corrected chi connectivity index (χ3v) is 8.37. The topological polar surface area (TPSA) is 104 Å². The highest BCUT2D eigenvalue weighted by Gasteiger charge is 2.24. The smallest absolute Gasteiger partial charge is 0.251 e. The van der Waals surface area contributed by atoms with Crippen molar-refractivity contribution in [1.82, 2.24) is 25.0 Å². The van der Waals surface area contributed by atoms with E-state index in [9.17, 15) is 14.7 Å². The van der Waals surface area contributed by atoms with Crippen LogP contribution in [0.3, 0.4) is 0 Å². The van der Waals surface area contributed by atoms with Crippen molar-refractivity contribution < 1.29 is 14.7 Å². The highest BCUT2D eigenvalue weighted by molar-refractivity contribution is 5.95. The van der Waals surface area contributed by atoms with Crippen molar-refractivity contribution in [2.75, 3.05) is 76.2 Å². The summed E-state index contributed by atoms with van der Waals surface area (Å²) in [6, 6.07) is 12.3. The number of anilines is 2. The number of piperazine rings is 1. The predicted octanol–water partition coefficient (Wildman–Crippen LogP) is 1.41. The lowest BCUT2D eigenvalue weighted by Gasteiger charge is -2.34. The molecule has 10 nitrogen and oxygen atoms in total. The SMILES string of the molecule is CC(=O)N1CCC(Nc2cc(C(=O)NC[C@H](O)CN3CCc4ccccc4C3)cc(N3CCN(C)CC3)n2)CC1. The number of likely N-dealkylation sites (tertiary alicyclic amines) is 1. The number of hydrogen-bond acceptors (Lipinski definition) is 8. The van der Waals surface area contributed by atoms with E-state index in [1.54, 1.807) is 13.0 Å². The standard InChI is InChI=1S/C30H43N7O3/c1-22(38)36-11-8-26(9-12-36)32-28-17-25(18-29(33-28)37-15-13-34(2)14-16-37)30(40)31-19-27(39)21-35-10-7-23-5-3-4-6-24(23)20-35/h3-6,17-18,26-27,39H,7-16,19-21H2,1-2H3,(H,31,40)(H,32,33)/t27-/m0/s1. The Morgan fingerprint density at radius 1 is 1.02 bits per heavy atom. The molecule has 0 spiro atoms. The average molecular weight is 550 g/mol. The van der Waals surface area contributed by atoms with Crippen LogP contribution in [0.5, 0.6) is 0 Å². The molecule has 0 unspecified atom stereocenters. The highest BCUT2D eigenvalue weighted by Crippen LogP contribution is 2.23. The maximum atomic E-state index is 13.3. The Morgan fingerprint density at radius 3 is 2.48 bits per heavy atom. The number of nitrogens with zero attached hydrogens (tertiary/aromatic N) is 5. The number of pyridine rings is 1. The molecule has 3 N–H and O–H groups in total. The van der Waals surface area contributed by atoms with Crippen LogP contribution in [0, 0.1) is 0 Å². The number of hydrogen-bond donors (Lipinski definition) is 3. The molecule has 1 atom stereocenters. The molecule has 0 saturated carbocycles. The van der Waals surface area contributed by atoms with Crippen LogP contribution in [0.25, 0.3) is 0 Å². The van der Waals surface area contributed by atoms with Gasteiger partial charge in [-0.1, -0.05) is 24.3 Å². The van der Waals surface area contributed by atoms with E-state index in [0.717, 1.165) is 77.4 Å². The molecule has 40 heavy (non-hydrogen) atoms. The predicted molar refractivity (Wildman–Crippen MR) is 157 cm³/mol. The minimum Gasteiger partial charge on any atom is -0.390 e. The van der Waals surface area contributed by atoms with Gasteiger partial charge >= 0.3 is 0 Å². The molecule has 216 valence electrons. The first-order valence-corrected chi connectivity index (χ1v) is 14.6. The van der Waals surface area contributed by atoms with Crippen LogP contribution in [-0.2, 0) is 17.8 Å². The van der Waals surface area contributed by atoms with Crippen LogP contribution in [0.2, 0.25) is 0 Å². The quantitative estimate of drug-likeness (QED) is 0.454. The van der Waals surface area contributed by atoms with Crippen LogP contribution < -0.4 is 15.5 Å². The van der Waals surface area contributed by atoms with Gasteiger partial charge in [0.15, 0.2) is 0 Å². The minimum absolute atomic E-state index is 0.111. The van der Waals surface area contributed by atoms with E-state index in [1.165, 1.54) is 11.1 Å². The zero-order valence-corrected chi connectivity index (χ0v) is 23.8. The zero-order chi connectivity index (χ0) is 28.1. The van der Waals surface area contributed by atoms with Gasteiger partial charge in [0.2, 0.25) is 5.91 Å². The number of carbonyl (C=O) groups excluding carboxylic acids is 2. The number of β-amino-alcohol motifs (C(OH)–C–C–N with tert-alkyl or cyclic N) is 1. The molecule has 1 aromatic carbocycles. The van der Waals surface area contributed by atoms with Crippen molar-refractivity contribution in [2.45, 2.75) is 44.9 Å². The molecule has 5 rings (SSSR count). The van der Waals surface area contributed by atoms with Gasteiger partial charge < -0.3 is 30.4 Å². The Balaban J connectivity index is 1.21. The number of aliphatic hydroxyl groups excluding tert-OH is 1. The molecule has 1 aromatic heterocycles. The van der Waals surface area contributed by atoms with Crippen LogP contribution in [0.1, 0.15) is 41.3 Å². The fourth-order valence-electron chi connectivity index (χ4n) is 5.85. The summed E-state index contributed by atoms with van der Waals surface area (Å²) in [7, 11) is 2.11. The lowest BCUT2D eigenvalue weighted by atomic mass is 10.00. The van der Waals surface area contributed by atoms with Gasteiger partial charge in [0, 0.05) is 84.0 Å². The van der Waals surface area contributed by atoms with Crippen LogP contribution in [0.4, 0.5) is 11.6 Å². The van der Waals surface area contributed by atoms with Crippen molar-refractivity contribution >= 4 is 23.5 Å². The van der Waals surface area contributed by atoms with Crippen LogP contribution in [0.15, 0.2) is 36.4 Å². The van der Waals surface area contributed by atoms with Crippen molar-refractivity contribution in [3.05, 3.63) is 53.1 Å². The lowest BCUT2D eigenvalue weighted by molar-refractivity contribution is -0.129. The number of aliphatic hydroxyl groups is 1. The fourth-order valence-corrected chi connectivity index (χ4v) is 5.85. The summed E-state index contributed by atoms with van der Waals surface area (Å²) >= 11 is 0. The Kier molecular flexibility index (Phi) is 9.18. The van der Waals surface area contributed by atoms with Crippen LogP contribution >= 0.6 is 0 Å². The molecule has 2 amide bonds. The number of rotatable bonds is 8. The summed E-state index contributed by atoms with van der Waals surface area (Å²) in [5.74, 6) is 1.36. The number of benzene rings is 1. The van der Waals surface area contributed by atoms with E-state index in [2.05, 4.69) is 56.6 Å². The average Bonchev–Trinajstić information content (AvgIpc) is 2.96. The molecule has 2 saturated heterocycles. The van der Waals surface area contributed by atoms with Crippen molar-refractivity contribution in [2.24, 2.45) is 0 Å². The second kappa shape index (κ2) is 13.0. The van der Waals surface area contributed by atoms with Crippen LogP contribution in [-0.4, -0.2) is 115 Å². The molecule has 10 heteroatoms. The molecule has 4 heterocycles. The van der Waals surface area contributed by atoms with E-state index in [4.69, 9.17) is 4.98 Å². The van der Waals surface area contributed by atoms with E-state index < -0.39 is 6.10 Å². The van der Waals surface area contributed by atoms with Crippen molar-refractivity contribution in [3.63, 3.8) is 0 Å². The first kappa shape index (κ1) is 28.3. The summed E-state index contributed by atoms with van der Waals surface area (Å²) in [6.45, 7) is 9.07. The van der Waals surface area contributed by atoms with Gasteiger partial charge in [-0.15, -0.1) is 0 Å². The first-order chi connectivity index (χ1) is 19.3. The molecule has 0 aliphatic carbocycles. The summed E-state index contributed by atoms with van der Waals surface area (Å²) in [5, 5.41) is 17.2. The summed E-state index contributed by atoms with van der Waals surface area (Å²) in [6.07, 6.45) is 2.01. The minimum atomic E-state index is -0.655. The maximum absolute atomic E-state index is 13.3. The van der Waals surface area contributed by atoms with Gasteiger partial charge in [-0.25, -0.2) is 4.98 Å². The molecule has 2 aromatic rings. The third-order valence-electron chi connectivity index (χ3n) is 8.37. The number of fused-ring (bicyclic) bond motifs is 1. The molecule has 3 aliphatic rings. The number of carbonyl (C=O) groups is 2. The zero-order valence-electron chi connectivity index (χ0n) is 23.8. The number of aromatic nitrogens is 1. The second-order valence-electron chi connectivity index (χ2n) is 11.4. The van der Waals surface area contributed by atoms with E-state index in [-0.39, 0.29) is 24.4 Å². The molecule has 0 radical (unpaired) electrons. The van der Waals surface area contributed by atoms with Gasteiger partial charge in [-0.2, -0.15) is 0 Å². The largest absolute Gasteiger partial charge is 0.390 e. The lowest BCUT2D eigenvalue weighted by Crippen LogP contribution is -2.45. The summed E-state index contributed by atoms with van der Waals surface area (Å²) < 4.78 is 0. The van der Waals surface area contributed by atoms with Gasteiger partial charge in [0.05, 0.1) is 6.10 Å². The Bertz CT molecular complexity index is 1180. The fraction of sp³-hybridized carbons (Fsp3) is 0.567. The number of nitrogens with one attached hydrogen (secondary N) is 2. The number of likely N-dealkylation sites (N-methyl/N-ethyl adjacent to an activating group) is 1. The van der Waals surface area contributed by atoms with Gasteiger partial charge in [0.1, 0.15) is 11.6 Å². The first-order valence-electron chi connectivity index (χ1n) is 14.6. The number of amides is 2. The Hall–Kier alpha value is -3.21. The van der Waals surface area contributed by atoms with Gasteiger partial charge in [-0.05, 0) is 49.6 Å². The van der Waals surface area contributed by atoms with E-state index in [0.29, 0.717) is 17.9 Å². The van der Waals surface area contributed by atoms with E-state index in [1.807, 2.05) is 11.0 Å². The maximum Gasteiger partial charge on any atom is 0.251 e. The molecule has 0 bridgehead atoms. The molecule has 3 aliphatic heterocycles. The monoisotopic (exact) mass is 549 g/mol.